The van der Waals surface area contributed by atoms with Crippen molar-refractivity contribution in [3.05, 3.63) is 65.6 Å². The molecule has 148 valence electrons. The van der Waals surface area contributed by atoms with Crippen molar-refractivity contribution in [1.29, 1.82) is 0 Å². The molecule has 0 aliphatic rings. The molecule has 0 aliphatic heterocycles. The van der Waals surface area contributed by atoms with Gasteiger partial charge in [-0.15, -0.1) is 0 Å². The van der Waals surface area contributed by atoms with Gasteiger partial charge in [0.15, 0.2) is 0 Å². The second-order valence-corrected chi connectivity index (χ2v) is 7.82. The zero-order valence-corrected chi connectivity index (χ0v) is 17.0. The highest BCUT2D eigenvalue weighted by atomic mass is 32.1. The Morgan fingerprint density at radius 3 is 2.66 bits per heavy atom. The number of aryl methyl sites for hydroxylation is 1. The number of amides is 1. The lowest BCUT2D eigenvalue weighted by molar-refractivity contribution is 0.102. The number of hydrogen-bond acceptors (Lipinski definition) is 5. The number of benzene rings is 2. The quantitative estimate of drug-likeness (QED) is 0.504. The Balaban J connectivity index is 1.61. The molecule has 4 aromatic rings. The van der Waals surface area contributed by atoms with Gasteiger partial charge in [-0.2, -0.15) is 9.78 Å². The molecule has 0 saturated carbocycles. The monoisotopic (exact) mass is 410 g/mol. The summed E-state index contributed by atoms with van der Waals surface area (Å²) in [6.07, 6.45) is 0.0608. The Morgan fingerprint density at radius 1 is 1.21 bits per heavy atom. The van der Waals surface area contributed by atoms with Crippen LogP contribution >= 0.6 is 11.3 Å². The van der Waals surface area contributed by atoms with Crippen molar-refractivity contribution in [2.75, 3.05) is 5.32 Å². The fraction of sp³-hybridized carbons (Fsp3) is 0.190. The normalized spacial score (nSPS) is 11.2. The van der Waals surface area contributed by atoms with Crippen molar-refractivity contribution in [2.24, 2.45) is 0 Å². The van der Waals surface area contributed by atoms with E-state index in [1.165, 1.54) is 22.1 Å². The van der Waals surface area contributed by atoms with E-state index < -0.39 is 0 Å². The first kappa shape index (κ1) is 19.1. The zero-order chi connectivity index (χ0) is 20.5. The second kappa shape index (κ2) is 7.63. The van der Waals surface area contributed by atoms with Gasteiger partial charge in [0.25, 0.3) is 5.91 Å². The van der Waals surface area contributed by atoms with Crippen molar-refractivity contribution in [2.45, 2.75) is 26.9 Å². The van der Waals surface area contributed by atoms with Crippen LogP contribution in [0.2, 0.25) is 0 Å². The number of ether oxygens (including phenoxy) is 1. The summed E-state index contributed by atoms with van der Waals surface area (Å²) >= 11 is 1.30. The number of rotatable bonds is 5. The van der Waals surface area contributed by atoms with Crippen LogP contribution in [-0.2, 0) is 0 Å². The van der Waals surface area contributed by atoms with Crippen molar-refractivity contribution in [3.63, 3.8) is 0 Å². The molecule has 4 rings (SSSR count). The molecule has 1 N–H and O–H groups in total. The van der Waals surface area contributed by atoms with Crippen LogP contribution in [0.15, 0.2) is 48.5 Å². The Morgan fingerprint density at radius 2 is 1.97 bits per heavy atom. The Hall–Kier alpha value is -3.26. The lowest BCUT2D eigenvalue weighted by Crippen LogP contribution is -2.15. The van der Waals surface area contributed by atoms with E-state index in [0.717, 1.165) is 0 Å². The SMILES string of the molecule is Cc1cc(NC(=O)c2ccc(OC(C)C)cc2)n(-c2nc3c(F)cccc3s2)n1. The molecule has 0 radical (unpaired) electrons. The van der Waals surface area contributed by atoms with Crippen LogP contribution in [0.5, 0.6) is 5.75 Å². The summed E-state index contributed by atoms with van der Waals surface area (Å²) in [5.74, 6) is 0.501. The topological polar surface area (TPSA) is 69.0 Å². The second-order valence-electron chi connectivity index (χ2n) is 6.81. The number of carbonyl (C=O) groups is 1. The third-order valence-corrected chi connectivity index (χ3v) is 5.10. The van der Waals surface area contributed by atoms with Crippen LogP contribution in [0.25, 0.3) is 15.3 Å². The minimum Gasteiger partial charge on any atom is -0.491 e. The summed E-state index contributed by atoms with van der Waals surface area (Å²) in [4.78, 5) is 17.0. The van der Waals surface area contributed by atoms with Gasteiger partial charge in [-0.1, -0.05) is 17.4 Å². The van der Waals surface area contributed by atoms with Crippen LogP contribution in [0.4, 0.5) is 10.2 Å². The predicted molar refractivity (Wildman–Crippen MR) is 112 cm³/mol. The zero-order valence-electron chi connectivity index (χ0n) is 16.1. The van der Waals surface area contributed by atoms with Gasteiger partial charge in [-0.05, 0) is 57.2 Å². The van der Waals surface area contributed by atoms with E-state index in [0.29, 0.717) is 38.2 Å². The van der Waals surface area contributed by atoms with Crippen molar-refractivity contribution < 1.29 is 13.9 Å². The molecular formula is C21H19FN4O2S. The molecule has 0 bridgehead atoms. The number of para-hydroxylation sites is 1. The summed E-state index contributed by atoms with van der Waals surface area (Å²) < 4.78 is 21.8. The van der Waals surface area contributed by atoms with E-state index in [4.69, 9.17) is 4.74 Å². The maximum atomic E-state index is 14.0. The van der Waals surface area contributed by atoms with Crippen molar-refractivity contribution >= 4 is 33.3 Å². The third-order valence-electron chi connectivity index (χ3n) is 4.10. The minimum absolute atomic E-state index is 0.0608. The molecule has 29 heavy (non-hydrogen) atoms. The number of halogens is 1. The summed E-state index contributed by atoms with van der Waals surface area (Å²) in [5, 5.41) is 7.75. The molecule has 2 heterocycles. The minimum atomic E-state index is -0.386. The molecule has 0 saturated heterocycles. The Bertz CT molecular complexity index is 1180. The molecule has 0 aliphatic carbocycles. The number of hydrogen-bond donors (Lipinski definition) is 1. The van der Waals surface area contributed by atoms with Gasteiger partial charge in [0.1, 0.15) is 22.9 Å². The van der Waals surface area contributed by atoms with E-state index in [1.807, 2.05) is 20.8 Å². The number of thiazole rings is 1. The van der Waals surface area contributed by atoms with Crippen LogP contribution in [0, 0.1) is 12.7 Å². The van der Waals surface area contributed by atoms with Crippen LogP contribution in [0.1, 0.15) is 29.9 Å². The first-order valence-electron chi connectivity index (χ1n) is 9.11. The van der Waals surface area contributed by atoms with Crippen molar-refractivity contribution in [3.8, 4) is 10.9 Å². The number of carbonyl (C=O) groups excluding carboxylic acids is 1. The number of fused-ring (bicyclic) bond motifs is 1. The molecular weight excluding hydrogens is 391 g/mol. The fourth-order valence-electron chi connectivity index (χ4n) is 2.87. The first-order chi connectivity index (χ1) is 13.9. The highest BCUT2D eigenvalue weighted by Crippen LogP contribution is 2.29. The molecule has 2 aromatic carbocycles. The predicted octanol–water partition coefficient (Wildman–Crippen LogP) is 4.97. The van der Waals surface area contributed by atoms with E-state index in [9.17, 15) is 9.18 Å². The highest BCUT2D eigenvalue weighted by Gasteiger charge is 2.16. The summed E-state index contributed by atoms with van der Waals surface area (Å²) in [6, 6.07) is 13.5. The third kappa shape index (κ3) is 3.97. The first-order valence-corrected chi connectivity index (χ1v) is 9.92. The van der Waals surface area contributed by atoms with Gasteiger partial charge in [0.2, 0.25) is 5.13 Å². The lowest BCUT2D eigenvalue weighted by Gasteiger charge is -2.10. The van der Waals surface area contributed by atoms with Crippen molar-refractivity contribution in [1.82, 2.24) is 14.8 Å². The smallest absolute Gasteiger partial charge is 0.256 e. The molecule has 2 aromatic heterocycles. The maximum absolute atomic E-state index is 14.0. The van der Waals surface area contributed by atoms with E-state index in [1.54, 1.807) is 42.5 Å². The lowest BCUT2D eigenvalue weighted by atomic mass is 10.2. The average Bonchev–Trinajstić information content (AvgIpc) is 3.26. The number of nitrogens with zero attached hydrogens (tertiary/aromatic N) is 3. The van der Waals surface area contributed by atoms with Crippen LogP contribution in [0.3, 0.4) is 0 Å². The standard InChI is InChI=1S/C21H19FN4O2S/c1-12(2)28-15-9-7-14(8-10-15)20(27)23-18-11-13(3)25-26(18)21-24-19-16(22)5-4-6-17(19)29-21/h4-12H,1-3H3,(H,23,27). The van der Waals surface area contributed by atoms with Gasteiger partial charge < -0.3 is 10.1 Å². The fourth-order valence-corrected chi connectivity index (χ4v) is 3.82. The van der Waals surface area contributed by atoms with Gasteiger partial charge in [-0.3, -0.25) is 4.79 Å². The number of aromatic nitrogens is 3. The summed E-state index contributed by atoms with van der Waals surface area (Å²) in [6.45, 7) is 5.70. The van der Waals surface area contributed by atoms with Gasteiger partial charge in [0.05, 0.1) is 16.5 Å². The molecule has 0 spiro atoms. The summed E-state index contributed by atoms with van der Waals surface area (Å²) in [7, 11) is 0. The maximum Gasteiger partial charge on any atom is 0.256 e. The molecule has 6 nitrogen and oxygen atoms in total. The van der Waals surface area contributed by atoms with E-state index in [2.05, 4.69) is 15.4 Å². The van der Waals surface area contributed by atoms with Crippen LogP contribution in [-0.4, -0.2) is 26.8 Å². The Labute approximate surface area is 171 Å². The van der Waals surface area contributed by atoms with Gasteiger partial charge >= 0.3 is 0 Å². The number of anilines is 1. The molecule has 1 amide bonds. The summed E-state index contributed by atoms with van der Waals surface area (Å²) in [5.41, 5.74) is 1.49. The largest absolute Gasteiger partial charge is 0.491 e. The van der Waals surface area contributed by atoms with E-state index in [-0.39, 0.29) is 17.8 Å². The molecule has 0 unspecified atom stereocenters. The number of nitrogens with one attached hydrogen (secondary N) is 1. The highest BCUT2D eigenvalue weighted by molar-refractivity contribution is 7.20. The van der Waals surface area contributed by atoms with Crippen LogP contribution < -0.4 is 10.1 Å². The molecule has 0 atom stereocenters. The molecule has 8 heteroatoms. The average molecular weight is 410 g/mol. The Kier molecular flexibility index (Phi) is 5.02. The molecule has 0 fully saturated rings. The van der Waals surface area contributed by atoms with E-state index >= 15 is 0 Å². The van der Waals surface area contributed by atoms with Gasteiger partial charge in [-0.25, -0.2) is 9.37 Å². The van der Waals surface area contributed by atoms with Gasteiger partial charge in [0, 0.05) is 11.6 Å².